The average Bonchev–Trinajstić information content (AvgIpc) is 2.27. The number of halogens is 2. The van der Waals surface area contributed by atoms with E-state index in [1.807, 2.05) is 23.9 Å². The number of benzene rings is 1. The van der Waals surface area contributed by atoms with E-state index in [-0.39, 0.29) is 10.8 Å². The molecule has 0 radical (unpaired) electrons. The van der Waals surface area contributed by atoms with Crippen LogP contribution >= 0.6 is 35.0 Å². The van der Waals surface area contributed by atoms with Crippen molar-refractivity contribution in [2.75, 3.05) is 25.4 Å². The normalized spacial score (nSPS) is 21.3. The Kier molecular flexibility index (Phi) is 5.07. The van der Waals surface area contributed by atoms with Gasteiger partial charge in [-0.25, -0.2) is 0 Å². The van der Waals surface area contributed by atoms with Gasteiger partial charge in [0, 0.05) is 46.2 Å². The molecule has 1 aromatic carbocycles. The summed E-state index contributed by atoms with van der Waals surface area (Å²) < 4.78 is 0.272. The third-order valence-electron chi connectivity index (χ3n) is 3.39. The molecule has 1 saturated heterocycles. The van der Waals surface area contributed by atoms with Crippen molar-refractivity contribution in [1.82, 2.24) is 4.90 Å². The van der Waals surface area contributed by atoms with Crippen molar-refractivity contribution in [3.05, 3.63) is 33.8 Å². The predicted octanol–water partition coefficient (Wildman–Crippen LogP) is 3.82. The van der Waals surface area contributed by atoms with E-state index in [0.29, 0.717) is 16.6 Å². The smallest absolute Gasteiger partial charge is 0.0472 e. The second-order valence-electron chi connectivity index (χ2n) is 5.53. The van der Waals surface area contributed by atoms with Crippen LogP contribution in [-0.4, -0.2) is 35.0 Å². The van der Waals surface area contributed by atoms with Gasteiger partial charge in [0.05, 0.1) is 0 Å². The molecule has 0 aliphatic carbocycles. The van der Waals surface area contributed by atoms with Gasteiger partial charge < -0.3 is 5.73 Å². The van der Waals surface area contributed by atoms with Gasteiger partial charge in [-0.3, -0.25) is 4.90 Å². The fraction of sp³-hybridized carbons (Fsp3) is 0.571. The lowest BCUT2D eigenvalue weighted by atomic mass is 10.0. The molecular weight excluding hydrogens is 299 g/mol. The van der Waals surface area contributed by atoms with Gasteiger partial charge in [-0.05, 0) is 37.6 Å². The van der Waals surface area contributed by atoms with Crippen LogP contribution in [0.2, 0.25) is 10.0 Å². The van der Waals surface area contributed by atoms with Gasteiger partial charge >= 0.3 is 0 Å². The van der Waals surface area contributed by atoms with Crippen LogP contribution in [0.1, 0.15) is 25.5 Å². The average molecular weight is 319 g/mol. The molecule has 5 heteroatoms. The number of rotatable bonds is 3. The van der Waals surface area contributed by atoms with Crippen LogP contribution in [0.15, 0.2) is 18.2 Å². The fourth-order valence-electron chi connectivity index (χ4n) is 2.58. The molecule has 1 unspecified atom stereocenters. The van der Waals surface area contributed by atoms with Gasteiger partial charge in [-0.1, -0.05) is 23.2 Å². The molecule has 2 nitrogen and oxygen atoms in total. The van der Waals surface area contributed by atoms with Crippen LogP contribution in [-0.2, 0) is 0 Å². The van der Waals surface area contributed by atoms with Crippen LogP contribution in [0.5, 0.6) is 0 Å². The van der Waals surface area contributed by atoms with Crippen molar-refractivity contribution < 1.29 is 0 Å². The Bertz CT molecular complexity index is 431. The Morgan fingerprint density at radius 1 is 1.32 bits per heavy atom. The Morgan fingerprint density at radius 2 is 1.95 bits per heavy atom. The number of nitrogens with zero attached hydrogens (tertiary/aromatic N) is 1. The van der Waals surface area contributed by atoms with Gasteiger partial charge in [0.1, 0.15) is 0 Å². The zero-order chi connectivity index (χ0) is 14.0. The molecule has 0 aromatic heterocycles. The highest BCUT2D eigenvalue weighted by molar-refractivity contribution is 8.00. The van der Waals surface area contributed by atoms with Crippen molar-refractivity contribution in [2.24, 2.45) is 5.73 Å². The Balaban J connectivity index is 2.23. The molecule has 19 heavy (non-hydrogen) atoms. The fourth-order valence-corrected chi connectivity index (χ4v) is 4.26. The highest BCUT2D eigenvalue weighted by Crippen LogP contribution is 2.34. The second kappa shape index (κ2) is 6.23. The molecule has 0 amide bonds. The first-order valence-corrected chi connectivity index (χ1v) is 8.19. The summed E-state index contributed by atoms with van der Waals surface area (Å²) in [5.74, 6) is 1.14. The highest BCUT2D eigenvalue weighted by Gasteiger charge is 2.31. The maximum absolute atomic E-state index is 6.10. The minimum Gasteiger partial charge on any atom is -0.329 e. The zero-order valence-corrected chi connectivity index (χ0v) is 13.7. The van der Waals surface area contributed by atoms with Crippen LogP contribution in [0.3, 0.4) is 0 Å². The first kappa shape index (κ1) is 15.5. The molecule has 1 aliphatic rings. The molecule has 2 N–H and O–H groups in total. The topological polar surface area (TPSA) is 29.3 Å². The molecule has 2 rings (SSSR count). The van der Waals surface area contributed by atoms with Crippen LogP contribution in [0.25, 0.3) is 0 Å². The molecule has 1 aliphatic heterocycles. The second-order valence-corrected chi connectivity index (χ2v) is 8.21. The SMILES string of the molecule is CC1(C)CN(C(CN)c2cc(Cl)cc(Cl)c2)CCS1. The molecule has 106 valence electrons. The van der Waals surface area contributed by atoms with Crippen LogP contribution < -0.4 is 5.73 Å². The molecule has 0 bridgehead atoms. The summed E-state index contributed by atoms with van der Waals surface area (Å²) in [4.78, 5) is 2.44. The van der Waals surface area contributed by atoms with Crippen molar-refractivity contribution in [3.8, 4) is 0 Å². The van der Waals surface area contributed by atoms with Gasteiger partial charge in [0.15, 0.2) is 0 Å². The Hall–Kier alpha value is 0.0700. The summed E-state index contributed by atoms with van der Waals surface area (Å²) in [6.45, 7) is 7.23. The predicted molar refractivity (Wildman–Crippen MR) is 86.4 cm³/mol. The molecule has 1 aromatic rings. The molecular formula is C14H20Cl2N2S. The third kappa shape index (κ3) is 4.02. The lowest BCUT2D eigenvalue weighted by Gasteiger charge is -2.41. The zero-order valence-electron chi connectivity index (χ0n) is 11.3. The number of hydrogen-bond donors (Lipinski definition) is 1. The van der Waals surface area contributed by atoms with Gasteiger partial charge in [0.2, 0.25) is 0 Å². The van der Waals surface area contributed by atoms with Gasteiger partial charge in [-0.2, -0.15) is 11.8 Å². The summed E-state index contributed by atoms with van der Waals surface area (Å²) >= 11 is 14.2. The lowest BCUT2D eigenvalue weighted by Crippen LogP contribution is -2.46. The first-order chi connectivity index (χ1) is 8.91. The summed E-state index contributed by atoms with van der Waals surface area (Å²) in [7, 11) is 0. The van der Waals surface area contributed by atoms with E-state index < -0.39 is 0 Å². The number of hydrogen-bond acceptors (Lipinski definition) is 3. The van der Waals surface area contributed by atoms with E-state index in [2.05, 4.69) is 18.7 Å². The van der Waals surface area contributed by atoms with Crippen molar-refractivity contribution in [2.45, 2.75) is 24.6 Å². The quantitative estimate of drug-likeness (QED) is 0.918. The van der Waals surface area contributed by atoms with Crippen LogP contribution in [0.4, 0.5) is 0 Å². The van der Waals surface area contributed by atoms with E-state index >= 15 is 0 Å². The van der Waals surface area contributed by atoms with E-state index in [1.54, 1.807) is 6.07 Å². The summed E-state index contributed by atoms with van der Waals surface area (Å²) in [6.07, 6.45) is 0. The molecule has 0 spiro atoms. The van der Waals surface area contributed by atoms with E-state index in [1.165, 1.54) is 0 Å². The minimum absolute atomic E-state index is 0.191. The van der Waals surface area contributed by atoms with Crippen molar-refractivity contribution in [1.29, 1.82) is 0 Å². The van der Waals surface area contributed by atoms with Gasteiger partial charge in [0.25, 0.3) is 0 Å². The van der Waals surface area contributed by atoms with Gasteiger partial charge in [-0.15, -0.1) is 0 Å². The molecule has 0 saturated carbocycles. The molecule has 1 fully saturated rings. The maximum Gasteiger partial charge on any atom is 0.0472 e. The number of thioether (sulfide) groups is 1. The monoisotopic (exact) mass is 318 g/mol. The van der Waals surface area contributed by atoms with Crippen molar-refractivity contribution in [3.63, 3.8) is 0 Å². The largest absolute Gasteiger partial charge is 0.329 e. The summed E-state index contributed by atoms with van der Waals surface area (Å²) in [6, 6.07) is 5.90. The third-order valence-corrected chi connectivity index (χ3v) is 5.12. The summed E-state index contributed by atoms with van der Waals surface area (Å²) in [5.41, 5.74) is 7.10. The lowest BCUT2D eigenvalue weighted by molar-refractivity contribution is 0.192. The van der Waals surface area contributed by atoms with E-state index in [0.717, 1.165) is 24.4 Å². The maximum atomic E-state index is 6.10. The molecule has 1 heterocycles. The number of nitrogens with two attached hydrogens (primary N) is 1. The first-order valence-electron chi connectivity index (χ1n) is 6.45. The highest BCUT2D eigenvalue weighted by atomic mass is 35.5. The Labute approximate surface area is 129 Å². The Morgan fingerprint density at radius 3 is 2.47 bits per heavy atom. The van der Waals surface area contributed by atoms with Crippen molar-refractivity contribution >= 4 is 35.0 Å². The summed E-state index contributed by atoms with van der Waals surface area (Å²) in [5, 5.41) is 1.35. The minimum atomic E-state index is 0.191. The van der Waals surface area contributed by atoms with Crippen LogP contribution in [0, 0.1) is 0 Å². The van der Waals surface area contributed by atoms with E-state index in [9.17, 15) is 0 Å². The standard InChI is InChI=1S/C14H20Cl2N2S/c1-14(2)9-18(3-4-19-14)13(8-17)10-5-11(15)7-12(16)6-10/h5-7,13H,3-4,8-9,17H2,1-2H3. The molecule has 1 atom stereocenters. The van der Waals surface area contributed by atoms with E-state index in [4.69, 9.17) is 28.9 Å².